The fourth-order valence-electron chi connectivity index (χ4n) is 2.50. The first-order valence-corrected chi connectivity index (χ1v) is 7.66. The predicted molar refractivity (Wildman–Crippen MR) is 94.4 cm³/mol. The highest BCUT2D eigenvalue weighted by atomic mass is 16.2. The summed E-state index contributed by atoms with van der Waals surface area (Å²) < 4.78 is 0. The summed E-state index contributed by atoms with van der Waals surface area (Å²) >= 11 is 0. The smallest absolute Gasteiger partial charge is 0.240 e. The number of benzene rings is 3. The number of hydrogen-bond acceptors (Lipinski definition) is 2. The summed E-state index contributed by atoms with van der Waals surface area (Å²) in [4.78, 5) is 11.8. The molecule has 0 aliphatic heterocycles. The molecule has 1 N–H and O–H groups in total. The molecule has 3 nitrogen and oxygen atoms in total. The van der Waals surface area contributed by atoms with Gasteiger partial charge in [-0.2, -0.15) is 5.10 Å². The van der Waals surface area contributed by atoms with E-state index >= 15 is 0 Å². The molecule has 0 radical (unpaired) electrons. The summed E-state index contributed by atoms with van der Waals surface area (Å²) in [5.41, 5.74) is 4.74. The molecule has 0 aliphatic rings. The third-order valence-corrected chi connectivity index (χ3v) is 3.70. The Labute approximate surface area is 135 Å². The minimum Gasteiger partial charge on any atom is -0.273 e. The van der Waals surface area contributed by atoms with Crippen LogP contribution in [0.15, 0.2) is 77.9 Å². The van der Waals surface area contributed by atoms with Crippen molar-refractivity contribution in [2.45, 2.75) is 12.8 Å². The number of fused-ring (bicyclic) bond motifs is 1. The number of nitrogens with one attached hydrogen (secondary N) is 1. The van der Waals surface area contributed by atoms with Crippen LogP contribution in [0.2, 0.25) is 0 Å². The van der Waals surface area contributed by atoms with Gasteiger partial charge in [0.05, 0.1) is 6.21 Å². The van der Waals surface area contributed by atoms with Gasteiger partial charge in [-0.1, -0.05) is 72.8 Å². The lowest BCUT2D eigenvalue weighted by Gasteiger charge is -2.02. The maximum Gasteiger partial charge on any atom is 0.240 e. The average Bonchev–Trinajstić information content (AvgIpc) is 2.61. The van der Waals surface area contributed by atoms with Crippen molar-refractivity contribution in [2.75, 3.05) is 0 Å². The van der Waals surface area contributed by atoms with Crippen LogP contribution in [-0.2, 0) is 11.2 Å². The molecule has 23 heavy (non-hydrogen) atoms. The van der Waals surface area contributed by atoms with Gasteiger partial charge >= 0.3 is 0 Å². The summed E-state index contributed by atoms with van der Waals surface area (Å²) in [6.07, 6.45) is 2.84. The van der Waals surface area contributed by atoms with E-state index in [-0.39, 0.29) is 5.91 Å². The van der Waals surface area contributed by atoms with Gasteiger partial charge in [0.2, 0.25) is 5.91 Å². The standard InChI is InChI=1S/C20H18N2O/c23-20(14-13-16-7-2-1-3-8-16)22-21-15-18-11-6-10-17-9-4-5-12-19(17)18/h1-12,15H,13-14H2,(H,22,23)/b21-15+. The lowest BCUT2D eigenvalue weighted by Crippen LogP contribution is -2.17. The van der Waals surface area contributed by atoms with E-state index in [9.17, 15) is 4.79 Å². The second-order valence-electron chi connectivity index (χ2n) is 5.35. The molecule has 0 bridgehead atoms. The third kappa shape index (κ3) is 4.04. The van der Waals surface area contributed by atoms with Crippen molar-refractivity contribution in [3.05, 3.63) is 83.9 Å². The fourth-order valence-corrected chi connectivity index (χ4v) is 2.50. The van der Waals surface area contributed by atoms with Gasteiger partial charge in [-0.05, 0) is 22.8 Å². The molecule has 0 heterocycles. The van der Waals surface area contributed by atoms with Crippen LogP contribution >= 0.6 is 0 Å². The second kappa shape index (κ2) is 7.36. The number of hydrazone groups is 1. The number of rotatable bonds is 5. The topological polar surface area (TPSA) is 41.5 Å². The van der Waals surface area contributed by atoms with Crippen molar-refractivity contribution < 1.29 is 4.79 Å². The molecule has 0 saturated carbocycles. The van der Waals surface area contributed by atoms with E-state index < -0.39 is 0 Å². The molecule has 1 amide bonds. The number of nitrogens with zero attached hydrogens (tertiary/aromatic N) is 1. The molecular formula is C20H18N2O. The van der Waals surface area contributed by atoms with E-state index in [1.54, 1.807) is 6.21 Å². The summed E-state index contributed by atoms with van der Waals surface area (Å²) in [5, 5.41) is 6.36. The van der Waals surface area contributed by atoms with Crippen LogP contribution in [0, 0.1) is 0 Å². The van der Waals surface area contributed by atoms with E-state index in [1.807, 2.05) is 60.7 Å². The van der Waals surface area contributed by atoms with Crippen LogP contribution in [0.5, 0.6) is 0 Å². The van der Waals surface area contributed by atoms with Crippen molar-refractivity contribution in [2.24, 2.45) is 5.10 Å². The zero-order chi connectivity index (χ0) is 15.9. The van der Waals surface area contributed by atoms with E-state index in [4.69, 9.17) is 0 Å². The Bertz CT molecular complexity index is 820. The minimum absolute atomic E-state index is 0.0784. The Morgan fingerprint density at radius 3 is 2.52 bits per heavy atom. The van der Waals surface area contributed by atoms with Crippen molar-refractivity contribution in [3.63, 3.8) is 0 Å². The van der Waals surface area contributed by atoms with Crippen LogP contribution < -0.4 is 5.43 Å². The molecule has 0 aliphatic carbocycles. The minimum atomic E-state index is -0.0784. The van der Waals surface area contributed by atoms with Crippen molar-refractivity contribution >= 4 is 22.9 Å². The quantitative estimate of drug-likeness (QED) is 0.563. The predicted octanol–water partition coefficient (Wildman–Crippen LogP) is 3.92. The summed E-state index contributed by atoms with van der Waals surface area (Å²) in [5.74, 6) is -0.0784. The number of amides is 1. The fraction of sp³-hybridized carbons (Fsp3) is 0.100. The van der Waals surface area contributed by atoms with Crippen molar-refractivity contribution in [1.82, 2.24) is 5.43 Å². The highest BCUT2D eigenvalue weighted by Gasteiger charge is 2.01. The lowest BCUT2D eigenvalue weighted by molar-refractivity contribution is -0.121. The summed E-state index contributed by atoms with van der Waals surface area (Å²) in [6, 6.07) is 24.1. The monoisotopic (exact) mass is 302 g/mol. The number of carbonyl (C=O) groups excluding carboxylic acids is 1. The molecule has 114 valence electrons. The summed E-state index contributed by atoms with van der Waals surface area (Å²) in [7, 11) is 0. The highest BCUT2D eigenvalue weighted by Crippen LogP contribution is 2.16. The van der Waals surface area contributed by atoms with E-state index in [1.165, 1.54) is 0 Å². The molecule has 0 unspecified atom stereocenters. The van der Waals surface area contributed by atoms with Crippen LogP contribution in [0.25, 0.3) is 10.8 Å². The van der Waals surface area contributed by atoms with Gasteiger partial charge in [-0.3, -0.25) is 4.79 Å². The molecule has 0 atom stereocenters. The lowest BCUT2D eigenvalue weighted by atomic mass is 10.1. The van der Waals surface area contributed by atoms with Gasteiger partial charge in [-0.15, -0.1) is 0 Å². The van der Waals surface area contributed by atoms with Gasteiger partial charge in [0.1, 0.15) is 0 Å². The molecular weight excluding hydrogens is 284 g/mol. The second-order valence-corrected chi connectivity index (χ2v) is 5.35. The molecule has 0 fully saturated rings. The Balaban J connectivity index is 1.59. The maximum atomic E-state index is 11.8. The molecule has 3 aromatic carbocycles. The van der Waals surface area contributed by atoms with E-state index in [2.05, 4.69) is 22.7 Å². The SMILES string of the molecule is O=C(CCc1ccccc1)N/N=C/c1cccc2ccccc12. The third-order valence-electron chi connectivity index (χ3n) is 3.70. The van der Waals surface area contributed by atoms with Crippen LogP contribution in [-0.4, -0.2) is 12.1 Å². The highest BCUT2D eigenvalue weighted by molar-refractivity contribution is 5.99. The molecule has 3 heteroatoms. The van der Waals surface area contributed by atoms with Gasteiger partial charge in [0.15, 0.2) is 0 Å². The van der Waals surface area contributed by atoms with Gasteiger partial charge in [0, 0.05) is 12.0 Å². The van der Waals surface area contributed by atoms with Crippen LogP contribution in [0.3, 0.4) is 0 Å². The van der Waals surface area contributed by atoms with E-state index in [0.29, 0.717) is 6.42 Å². The zero-order valence-corrected chi connectivity index (χ0v) is 12.8. The first-order chi connectivity index (χ1) is 11.3. The van der Waals surface area contributed by atoms with Crippen LogP contribution in [0.1, 0.15) is 17.5 Å². The molecule has 3 rings (SSSR count). The number of aryl methyl sites for hydroxylation is 1. The first-order valence-electron chi connectivity index (χ1n) is 7.66. The number of carbonyl (C=O) groups is 1. The van der Waals surface area contributed by atoms with Crippen molar-refractivity contribution in [1.29, 1.82) is 0 Å². The zero-order valence-electron chi connectivity index (χ0n) is 12.8. The first kappa shape index (κ1) is 15.0. The molecule has 0 aromatic heterocycles. The normalized spacial score (nSPS) is 11.0. The molecule has 0 spiro atoms. The maximum absolute atomic E-state index is 11.8. The Morgan fingerprint density at radius 1 is 0.913 bits per heavy atom. The van der Waals surface area contributed by atoms with E-state index in [0.717, 1.165) is 28.3 Å². The van der Waals surface area contributed by atoms with Gasteiger partial charge in [0.25, 0.3) is 0 Å². The summed E-state index contributed by atoms with van der Waals surface area (Å²) in [6.45, 7) is 0. The Kier molecular flexibility index (Phi) is 4.79. The van der Waals surface area contributed by atoms with Gasteiger partial charge < -0.3 is 0 Å². The Hall–Kier alpha value is -2.94. The number of hydrogen-bond donors (Lipinski definition) is 1. The largest absolute Gasteiger partial charge is 0.273 e. The van der Waals surface area contributed by atoms with Crippen LogP contribution in [0.4, 0.5) is 0 Å². The van der Waals surface area contributed by atoms with Gasteiger partial charge in [-0.25, -0.2) is 5.43 Å². The molecule has 0 saturated heterocycles. The van der Waals surface area contributed by atoms with Crippen molar-refractivity contribution in [3.8, 4) is 0 Å². The Morgan fingerprint density at radius 2 is 1.65 bits per heavy atom. The molecule has 3 aromatic rings. The average molecular weight is 302 g/mol.